The molecule has 0 saturated heterocycles. The lowest BCUT2D eigenvalue weighted by atomic mass is 10.3. The molecule has 2 aromatic rings. The second kappa shape index (κ2) is 2.08. The fourth-order valence-corrected chi connectivity index (χ4v) is 1.96. The quantitative estimate of drug-likeness (QED) is 0.603. The monoisotopic (exact) mass is 167 g/mol. The highest BCUT2D eigenvalue weighted by Crippen LogP contribution is 2.28. The molecule has 0 amide bonds. The van der Waals surface area contributed by atoms with Gasteiger partial charge in [-0.25, -0.2) is 4.98 Å². The minimum atomic E-state index is 0.956. The number of fused-ring (bicyclic) bond motifs is 1. The second-order valence-electron chi connectivity index (χ2n) is 2.65. The van der Waals surface area contributed by atoms with Crippen molar-refractivity contribution in [2.75, 3.05) is 0 Å². The molecule has 3 heteroatoms. The summed E-state index contributed by atoms with van der Waals surface area (Å²) >= 11 is 1.61. The van der Waals surface area contributed by atoms with Gasteiger partial charge in [-0.1, -0.05) is 11.3 Å². The van der Waals surface area contributed by atoms with Crippen LogP contribution in [0.25, 0.3) is 10.4 Å². The van der Waals surface area contributed by atoms with Gasteiger partial charge in [0.05, 0.1) is 5.01 Å². The number of thiazole rings is 1. The number of aromatic nitrogens is 1. The highest BCUT2D eigenvalue weighted by molar-refractivity contribution is 7.17. The zero-order chi connectivity index (χ0) is 8.01. The van der Waals surface area contributed by atoms with Crippen LogP contribution in [0, 0.1) is 20.8 Å². The maximum Gasteiger partial charge on any atom is 0.208 e. The smallest absolute Gasteiger partial charge is 0.208 e. The molecular weight excluding hydrogens is 158 g/mol. The highest BCUT2D eigenvalue weighted by Gasteiger charge is 2.10. The zero-order valence-electron chi connectivity index (χ0n) is 6.76. The summed E-state index contributed by atoms with van der Waals surface area (Å²) in [6, 6.07) is 0. The molecule has 0 aromatic carbocycles. The molecular formula is C8H9NOS. The van der Waals surface area contributed by atoms with Gasteiger partial charge in [0.15, 0.2) is 0 Å². The Bertz CT molecular complexity index is 399. The van der Waals surface area contributed by atoms with E-state index in [-0.39, 0.29) is 0 Å². The minimum Gasteiger partial charge on any atom is -0.449 e. The van der Waals surface area contributed by atoms with Crippen LogP contribution in [0.4, 0.5) is 0 Å². The van der Waals surface area contributed by atoms with E-state index in [1.807, 2.05) is 20.8 Å². The standard InChI is InChI=1S/C8H9NOS/c1-4-5(2)10-8-7(4)9-6(3)11-8/h1-3H3. The molecule has 0 bridgehead atoms. The Hall–Kier alpha value is -0.830. The summed E-state index contributed by atoms with van der Waals surface area (Å²) in [5.41, 5.74) is 2.20. The Kier molecular flexibility index (Phi) is 1.29. The molecule has 0 saturated carbocycles. The molecule has 0 radical (unpaired) electrons. The molecule has 11 heavy (non-hydrogen) atoms. The van der Waals surface area contributed by atoms with Gasteiger partial charge in [-0.3, -0.25) is 0 Å². The van der Waals surface area contributed by atoms with Crippen LogP contribution in [0.5, 0.6) is 0 Å². The molecule has 0 aliphatic rings. The lowest BCUT2D eigenvalue weighted by Crippen LogP contribution is -1.72. The van der Waals surface area contributed by atoms with Crippen LogP contribution in [0.1, 0.15) is 16.3 Å². The first-order valence-electron chi connectivity index (χ1n) is 3.51. The molecule has 2 heterocycles. The van der Waals surface area contributed by atoms with Crippen molar-refractivity contribution in [3.05, 3.63) is 16.3 Å². The van der Waals surface area contributed by atoms with Crippen molar-refractivity contribution in [2.24, 2.45) is 0 Å². The topological polar surface area (TPSA) is 26.0 Å². The third-order valence-corrected chi connectivity index (χ3v) is 2.68. The number of nitrogens with zero attached hydrogens (tertiary/aromatic N) is 1. The second-order valence-corrected chi connectivity index (χ2v) is 3.82. The van der Waals surface area contributed by atoms with Crippen LogP contribution < -0.4 is 0 Å². The van der Waals surface area contributed by atoms with Crippen molar-refractivity contribution in [3.8, 4) is 0 Å². The van der Waals surface area contributed by atoms with Gasteiger partial charge in [0, 0.05) is 5.56 Å². The van der Waals surface area contributed by atoms with Gasteiger partial charge in [0.1, 0.15) is 11.3 Å². The zero-order valence-corrected chi connectivity index (χ0v) is 7.58. The number of rotatable bonds is 0. The van der Waals surface area contributed by atoms with Gasteiger partial charge in [-0.05, 0) is 20.8 Å². The number of aryl methyl sites for hydroxylation is 3. The molecule has 0 aliphatic carbocycles. The first-order valence-corrected chi connectivity index (χ1v) is 4.33. The minimum absolute atomic E-state index is 0.956. The van der Waals surface area contributed by atoms with E-state index in [1.165, 1.54) is 5.56 Å². The predicted molar refractivity (Wildman–Crippen MR) is 46.1 cm³/mol. The van der Waals surface area contributed by atoms with Gasteiger partial charge in [0.2, 0.25) is 4.90 Å². The molecule has 2 rings (SSSR count). The molecule has 0 unspecified atom stereocenters. The van der Waals surface area contributed by atoms with Crippen LogP contribution in [0.15, 0.2) is 4.42 Å². The average molecular weight is 167 g/mol. The summed E-state index contributed by atoms with van der Waals surface area (Å²) in [5.74, 6) is 0.985. The van der Waals surface area contributed by atoms with E-state index in [4.69, 9.17) is 4.42 Å². The molecule has 2 aromatic heterocycles. The van der Waals surface area contributed by atoms with E-state index in [0.29, 0.717) is 0 Å². The highest BCUT2D eigenvalue weighted by atomic mass is 32.1. The van der Waals surface area contributed by atoms with Crippen LogP contribution in [0.3, 0.4) is 0 Å². The van der Waals surface area contributed by atoms with Gasteiger partial charge >= 0.3 is 0 Å². The Labute approximate surface area is 68.9 Å². The number of furan rings is 1. The fraction of sp³-hybridized carbons (Fsp3) is 0.375. The van der Waals surface area contributed by atoms with Crippen molar-refractivity contribution in [1.82, 2.24) is 4.98 Å². The summed E-state index contributed by atoms with van der Waals surface area (Å²) in [4.78, 5) is 5.31. The Morgan fingerprint density at radius 1 is 1.27 bits per heavy atom. The number of hydrogen-bond acceptors (Lipinski definition) is 3. The lowest BCUT2D eigenvalue weighted by Gasteiger charge is -1.83. The Morgan fingerprint density at radius 3 is 2.64 bits per heavy atom. The van der Waals surface area contributed by atoms with Gasteiger partial charge < -0.3 is 4.42 Å². The van der Waals surface area contributed by atoms with E-state index >= 15 is 0 Å². The van der Waals surface area contributed by atoms with E-state index in [2.05, 4.69) is 4.98 Å². The van der Waals surface area contributed by atoms with Crippen molar-refractivity contribution in [1.29, 1.82) is 0 Å². The van der Waals surface area contributed by atoms with Crippen molar-refractivity contribution in [3.63, 3.8) is 0 Å². The molecule has 2 nitrogen and oxygen atoms in total. The van der Waals surface area contributed by atoms with E-state index in [9.17, 15) is 0 Å². The van der Waals surface area contributed by atoms with E-state index in [0.717, 1.165) is 21.2 Å². The van der Waals surface area contributed by atoms with Crippen LogP contribution >= 0.6 is 11.3 Å². The van der Waals surface area contributed by atoms with Crippen LogP contribution in [-0.2, 0) is 0 Å². The maximum atomic E-state index is 5.48. The molecule has 58 valence electrons. The third-order valence-electron chi connectivity index (χ3n) is 1.83. The summed E-state index contributed by atoms with van der Waals surface area (Å²) < 4.78 is 5.48. The Balaban J connectivity index is 2.88. The van der Waals surface area contributed by atoms with Gasteiger partial charge in [-0.2, -0.15) is 0 Å². The summed E-state index contributed by atoms with van der Waals surface area (Å²) in [7, 11) is 0. The Morgan fingerprint density at radius 2 is 2.00 bits per heavy atom. The van der Waals surface area contributed by atoms with Crippen molar-refractivity contribution in [2.45, 2.75) is 20.8 Å². The molecule has 0 fully saturated rings. The summed E-state index contributed by atoms with van der Waals surface area (Å²) in [6.07, 6.45) is 0. The SMILES string of the molecule is Cc1nc2c(C)c(C)oc2s1. The normalized spacial score (nSPS) is 11.2. The van der Waals surface area contributed by atoms with Gasteiger partial charge in [-0.15, -0.1) is 0 Å². The summed E-state index contributed by atoms with van der Waals surface area (Å²) in [5, 5.41) is 1.07. The van der Waals surface area contributed by atoms with E-state index < -0.39 is 0 Å². The van der Waals surface area contributed by atoms with Crippen LogP contribution in [-0.4, -0.2) is 4.98 Å². The molecule has 0 N–H and O–H groups in total. The first-order chi connectivity index (χ1) is 5.18. The average Bonchev–Trinajstić information content (AvgIpc) is 2.37. The summed E-state index contributed by atoms with van der Waals surface area (Å²) in [6.45, 7) is 6.01. The predicted octanol–water partition coefficient (Wildman–Crippen LogP) is 2.81. The molecule has 0 atom stereocenters. The molecule has 0 aliphatic heterocycles. The van der Waals surface area contributed by atoms with Crippen LogP contribution in [0.2, 0.25) is 0 Å². The third kappa shape index (κ3) is 0.878. The first kappa shape index (κ1) is 6.85. The molecule has 0 spiro atoms. The largest absolute Gasteiger partial charge is 0.449 e. The number of hydrogen-bond donors (Lipinski definition) is 0. The fourth-order valence-electron chi connectivity index (χ4n) is 1.10. The van der Waals surface area contributed by atoms with Crippen molar-refractivity contribution >= 4 is 21.8 Å². The lowest BCUT2D eigenvalue weighted by molar-refractivity contribution is 0.582. The van der Waals surface area contributed by atoms with Gasteiger partial charge in [0.25, 0.3) is 0 Å². The van der Waals surface area contributed by atoms with Crippen molar-refractivity contribution < 1.29 is 4.42 Å². The maximum absolute atomic E-state index is 5.48. The van der Waals surface area contributed by atoms with E-state index in [1.54, 1.807) is 11.3 Å².